The average molecular weight is 402 g/mol. The van der Waals surface area contributed by atoms with Gasteiger partial charge in [-0.15, -0.1) is 11.3 Å². The summed E-state index contributed by atoms with van der Waals surface area (Å²) in [6.45, 7) is 4.30. The molecule has 0 amide bonds. The predicted octanol–water partition coefficient (Wildman–Crippen LogP) is 3.32. The zero-order valence-electron chi connectivity index (χ0n) is 11.2. The Kier molecular flexibility index (Phi) is 5.90. The second-order valence-corrected chi connectivity index (χ2v) is 9.68. The van der Waals surface area contributed by atoms with Crippen molar-refractivity contribution in [1.29, 1.82) is 0 Å². The van der Waals surface area contributed by atoms with E-state index in [1.54, 1.807) is 4.31 Å². The minimum absolute atomic E-state index is 0.0841. The van der Waals surface area contributed by atoms with Gasteiger partial charge in [0.05, 0.1) is 8.81 Å². The first-order valence-electron chi connectivity index (χ1n) is 6.64. The number of hydrogen-bond acceptors (Lipinski definition) is 4. The molecule has 2 rings (SSSR count). The van der Waals surface area contributed by atoms with Gasteiger partial charge in [-0.2, -0.15) is 4.31 Å². The van der Waals surface area contributed by atoms with Crippen molar-refractivity contribution in [2.45, 2.75) is 36.4 Å². The fourth-order valence-corrected chi connectivity index (χ4v) is 6.69. The molecule has 0 spiro atoms. The topological polar surface area (TPSA) is 49.4 Å². The van der Waals surface area contributed by atoms with Gasteiger partial charge in [0.15, 0.2) is 0 Å². The van der Waals surface area contributed by atoms with Crippen LogP contribution in [-0.2, 0) is 10.0 Å². The summed E-state index contributed by atoms with van der Waals surface area (Å²) in [6, 6.07) is 1.62. The van der Waals surface area contributed by atoms with E-state index in [9.17, 15) is 8.42 Å². The Morgan fingerprint density at radius 3 is 2.65 bits per heavy atom. The molecular formula is C12H18BrClN2O2S2. The van der Waals surface area contributed by atoms with E-state index >= 15 is 0 Å². The summed E-state index contributed by atoms with van der Waals surface area (Å²) in [4.78, 5) is 0. The number of nitrogens with zero attached hydrogens (tertiary/aromatic N) is 1. The third-order valence-electron chi connectivity index (χ3n) is 3.35. The van der Waals surface area contributed by atoms with Crippen LogP contribution in [0.15, 0.2) is 14.1 Å². The zero-order chi connectivity index (χ0) is 14.8. The van der Waals surface area contributed by atoms with Crippen molar-refractivity contribution < 1.29 is 8.42 Å². The van der Waals surface area contributed by atoms with Crippen LogP contribution in [-0.4, -0.2) is 38.4 Å². The number of rotatable bonds is 5. The third-order valence-corrected chi connectivity index (χ3v) is 8.22. The van der Waals surface area contributed by atoms with Gasteiger partial charge in [0, 0.05) is 12.6 Å². The Morgan fingerprint density at radius 2 is 2.15 bits per heavy atom. The van der Waals surface area contributed by atoms with Crippen molar-refractivity contribution in [1.82, 2.24) is 9.62 Å². The molecule has 0 saturated carbocycles. The molecule has 2 heterocycles. The summed E-state index contributed by atoms with van der Waals surface area (Å²) in [7, 11) is -3.45. The average Bonchev–Trinajstić information content (AvgIpc) is 2.77. The van der Waals surface area contributed by atoms with Gasteiger partial charge in [0.2, 0.25) is 0 Å². The van der Waals surface area contributed by atoms with Crippen molar-refractivity contribution >= 4 is 48.9 Å². The Hall–Kier alpha value is 0.340. The highest BCUT2D eigenvalue weighted by Crippen LogP contribution is 2.36. The van der Waals surface area contributed by atoms with Gasteiger partial charge in [-0.3, -0.25) is 0 Å². The van der Waals surface area contributed by atoms with E-state index in [4.69, 9.17) is 11.6 Å². The summed E-state index contributed by atoms with van der Waals surface area (Å²) in [5.41, 5.74) is 0. The van der Waals surface area contributed by atoms with Crippen LogP contribution in [0.4, 0.5) is 0 Å². The SMILES string of the molecule is CCCN(C1CCNCC1)S(=O)(=O)c1cc(Cl)c(Br)s1. The maximum absolute atomic E-state index is 12.8. The van der Waals surface area contributed by atoms with Gasteiger partial charge in [-0.1, -0.05) is 18.5 Å². The van der Waals surface area contributed by atoms with Crippen molar-refractivity contribution in [3.63, 3.8) is 0 Å². The molecule has 0 radical (unpaired) electrons. The standard InChI is InChI=1S/C12H18BrClN2O2S2/c1-2-7-16(9-3-5-15-6-4-9)20(17,18)11-8-10(14)12(13)19-11/h8-9,15H,2-7H2,1H3. The van der Waals surface area contributed by atoms with Crippen LogP contribution in [0.1, 0.15) is 26.2 Å². The quantitative estimate of drug-likeness (QED) is 0.823. The summed E-state index contributed by atoms with van der Waals surface area (Å²) in [5.74, 6) is 0. The van der Waals surface area contributed by atoms with Crippen molar-refractivity contribution in [3.8, 4) is 0 Å². The van der Waals surface area contributed by atoms with E-state index in [2.05, 4.69) is 21.2 Å². The zero-order valence-corrected chi connectivity index (χ0v) is 15.2. The van der Waals surface area contributed by atoms with Gasteiger partial charge >= 0.3 is 0 Å². The highest BCUT2D eigenvalue weighted by atomic mass is 79.9. The smallest absolute Gasteiger partial charge is 0.252 e. The lowest BCUT2D eigenvalue weighted by Gasteiger charge is -2.33. The predicted molar refractivity (Wildman–Crippen MR) is 87.1 cm³/mol. The van der Waals surface area contributed by atoms with E-state index in [1.807, 2.05) is 6.92 Å². The number of thiophene rings is 1. The number of hydrogen-bond donors (Lipinski definition) is 1. The van der Waals surface area contributed by atoms with E-state index in [0.717, 1.165) is 32.4 Å². The Balaban J connectivity index is 2.31. The first-order chi connectivity index (χ1) is 9.46. The van der Waals surface area contributed by atoms with Gasteiger partial charge in [-0.25, -0.2) is 8.42 Å². The van der Waals surface area contributed by atoms with Crippen molar-refractivity contribution in [2.75, 3.05) is 19.6 Å². The van der Waals surface area contributed by atoms with E-state index < -0.39 is 10.0 Å². The molecule has 0 bridgehead atoms. The van der Waals surface area contributed by atoms with E-state index in [-0.39, 0.29) is 6.04 Å². The highest BCUT2D eigenvalue weighted by molar-refractivity contribution is 9.11. The molecule has 1 N–H and O–H groups in total. The molecule has 0 aromatic carbocycles. The summed E-state index contributed by atoms with van der Waals surface area (Å²) in [5, 5.41) is 3.72. The van der Waals surface area contributed by atoms with Crippen LogP contribution in [0, 0.1) is 0 Å². The first-order valence-corrected chi connectivity index (χ1v) is 10.1. The molecule has 1 aliphatic heterocycles. The number of halogens is 2. The molecule has 1 aliphatic rings. The van der Waals surface area contributed by atoms with Crippen LogP contribution in [0.2, 0.25) is 5.02 Å². The lowest BCUT2D eigenvalue weighted by atomic mass is 10.1. The van der Waals surface area contributed by atoms with Crippen molar-refractivity contribution in [3.05, 3.63) is 14.9 Å². The van der Waals surface area contributed by atoms with Gasteiger partial charge in [-0.05, 0) is 54.3 Å². The Labute approximate surface area is 137 Å². The monoisotopic (exact) mass is 400 g/mol. The number of piperidine rings is 1. The molecule has 1 fully saturated rings. The maximum Gasteiger partial charge on any atom is 0.252 e. The Bertz CT molecular complexity index is 536. The largest absolute Gasteiger partial charge is 0.317 e. The number of sulfonamides is 1. The molecule has 1 saturated heterocycles. The van der Waals surface area contributed by atoms with Crippen LogP contribution in [0.25, 0.3) is 0 Å². The lowest BCUT2D eigenvalue weighted by Crippen LogP contribution is -2.46. The first kappa shape index (κ1) is 16.7. The molecule has 8 heteroatoms. The minimum atomic E-state index is -3.45. The summed E-state index contributed by atoms with van der Waals surface area (Å²) < 4.78 is 28.3. The number of nitrogens with one attached hydrogen (secondary N) is 1. The van der Waals surface area contributed by atoms with Crippen LogP contribution >= 0.6 is 38.9 Å². The van der Waals surface area contributed by atoms with Gasteiger partial charge < -0.3 is 5.32 Å². The fraction of sp³-hybridized carbons (Fsp3) is 0.667. The molecule has 0 unspecified atom stereocenters. The van der Waals surface area contributed by atoms with Crippen LogP contribution < -0.4 is 5.32 Å². The normalized spacial score (nSPS) is 17.8. The van der Waals surface area contributed by atoms with Gasteiger partial charge in [0.1, 0.15) is 4.21 Å². The molecule has 20 heavy (non-hydrogen) atoms. The maximum atomic E-state index is 12.8. The molecule has 1 aromatic heterocycles. The molecular weight excluding hydrogens is 384 g/mol. The van der Waals surface area contributed by atoms with E-state index in [0.29, 0.717) is 19.6 Å². The van der Waals surface area contributed by atoms with E-state index in [1.165, 1.54) is 17.4 Å². The van der Waals surface area contributed by atoms with Crippen LogP contribution in [0.3, 0.4) is 0 Å². The third kappa shape index (κ3) is 3.56. The molecule has 0 atom stereocenters. The summed E-state index contributed by atoms with van der Waals surface area (Å²) >= 11 is 10.4. The van der Waals surface area contributed by atoms with Crippen LogP contribution in [0.5, 0.6) is 0 Å². The highest BCUT2D eigenvalue weighted by Gasteiger charge is 2.33. The van der Waals surface area contributed by atoms with Gasteiger partial charge in [0.25, 0.3) is 10.0 Å². The Morgan fingerprint density at radius 1 is 1.50 bits per heavy atom. The second kappa shape index (κ2) is 7.07. The fourth-order valence-electron chi connectivity index (χ4n) is 2.38. The molecule has 1 aromatic rings. The second-order valence-electron chi connectivity index (χ2n) is 4.78. The van der Waals surface area contributed by atoms with Crippen molar-refractivity contribution in [2.24, 2.45) is 0 Å². The molecule has 0 aliphatic carbocycles. The lowest BCUT2D eigenvalue weighted by molar-refractivity contribution is 0.263. The molecule has 4 nitrogen and oxygen atoms in total. The molecule has 114 valence electrons. The summed E-state index contributed by atoms with van der Waals surface area (Å²) in [6.07, 6.45) is 2.53. The minimum Gasteiger partial charge on any atom is -0.317 e.